The Labute approximate surface area is 102 Å². The zero-order chi connectivity index (χ0) is 12.0. The van der Waals surface area contributed by atoms with Crippen LogP contribution in [0.5, 0.6) is 5.75 Å². The normalized spacial score (nSPS) is 11.9. The highest BCUT2D eigenvalue weighted by molar-refractivity contribution is 6.30. The van der Waals surface area contributed by atoms with Crippen LogP contribution in [0.1, 0.15) is 18.9 Å². The number of nitrogens with one attached hydrogen (secondary N) is 1. The van der Waals surface area contributed by atoms with Crippen molar-refractivity contribution >= 4 is 11.6 Å². The number of terminal acetylenes is 1. The maximum atomic E-state index is 5.93. The van der Waals surface area contributed by atoms with Crippen molar-refractivity contribution in [3.05, 3.63) is 28.8 Å². The smallest absolute Gasteiger partial charge is 0.123 e. The van der Waals surface area contributed by atoms with Crippen molar-refractivity contribution < 1.29 is 4.74 Å². The molecule has 1 atom stereocenters. The molecule has 0 bridgehead atoms. The second kappa shape index (κ2) is 6.42. The molecule has 0 saturated heterocycles. The zero-order valence-corrected chi connectivity index (χ0v) is 10.3. The first kappa shape index (κ1) is 12.9. The molecule has 0 spiro atoms. The lowest BCUT2D eigenvalue weighted by Crippen LogP contribution is -2.25. The van der Waals surface area contributed by atoms with Gasteiger partial charge in [0.2, 0.25) is 0 Å². The van der Waals surface area contributed by atoms with E-state index in [-0.39, 0.29) is 6.04 Å². The van der Waals surface area contributed by atoms with Crippen molar-refractivity contribution in [3.63, 3.8) is 0 Å². The van der Waals surface area contributed by atoms with Gasteiger partial charge in [0.05, 0.1) is 7.11 Å². The van der Waals surface area contributed by atoms with E-state index in [1.54, 1.807) is 7.11 Å². The summed E-state index contributed by atoms with van der Waals surface area (Å²) in [6, 6.07) is 5.87. The molecular formula is C13H16ClNO. The van der Waals surface area contributed by atoms with E-state index in [1.807, 2.05) is 18.2 Å². The van der Waals surface area contributed by atoms with Crippen LogP contribution in [0.25, 0.3) is 0 Å². The minimum absolute atomic E-state index is 0.286. The van der Waals surface area contributed by atoms with Gasteiger partial charge in [-0.25, -0.2) is 0 Å². The van der Waals surface area contributed by atoms with Gasteiger partial charge in [0.15, 0.2) is 0 Å². The minimum Gasteiger partial charge on any atom is -0.496 e. The first-order valence-corrected chi connectivity index (χ1v) is 5.54. The largest absolute Gasteiger partial charge is 0.496 e. The van der Waals surface area contributed by atoms with Crippen LogP contribution >= 0.6 is 11.6 Å². The second-order valence-corrected chi connectivity index (χ2v) is 4.08. The Kier molecular flexibility index (Phi) is 5.18. The molecule has 1 unspecified atom stereocenters. The zero-order valence-electron chi connectivity index (χ0n) is 9.59. The van der Waals surface area contributed by atoms with E-state index in [0.717, 1.165) is 11.3 Å². The van der Waals surface area contributed by atoms with Gasteiger partial charge in [0.25, 0.3) is 0 Å². The van der Waals surface area contributed by atoms with E-state index in [9.17, 15) is 0 Å². The summed E-state index contributed by atoms with van der Waals surface area (Å²) in [4.78, 5) is 0. The fourth-order valence-corrected chi connectivity index (χ4v) is 1.61. The predicted molar refractivity (Wildman–Crippen MR) is 67.8 cm³/mol. The number of methoxy groups -OCH3 is 1. The Hall–Kier alpha value is -1.17. The van der Waals surface area contributed by atoms with Gasteiger partial charge in [0, 0.05) is 29.6 Å². The number of hydrogen-bond acceptors (Lipinski definition) is 2. The van der Waals surface area contributed by atoms with E-state index in [2.05, 4.69) is 18.2 Å². The third-order valence-corrected chi connectivity index (χ3v) is 2.54. The standard InChI is InChI=1S/C13H16ClNO/c1-4-5-10(2)15-9-11-8-12(14)6-7-13(11)16-3/h1,6-8,10,15H,5,9H2,2-3H3. The molecule has 0 aliphatic rings. The number of halogens is 1. The molecule has 0 heterocycles. The Balaban J connectivity index is 2.65. The molecule has 1 rings (SSSR count). The minimum atomic E-state index is 0.286. The molecular weight excluding hydrogens is 222 g/mol. The van der Waals surface area contributed by atoms with Crippen molar-refractivity contribution in [3.8, 4) is 18.1 Å². The van der Waals surface area contributed by atoms with Crippen LogP contribution in [0.4, 0.5) is 0 Å². The first-order chi connectivity index (χ1) is 7.67. The molecule has 3 heteroatoms. The Morgan fingerprint density at radius 1 is 1.56 bits per heavy atom. The van der Waals surface area contributed by atoms with E-state index in [4.69, 9.17) is 22.8 Å². The van der Waals surface area contributed by atoms with Crippen LogP contribution in [-0.4, -0.2) is 13.2 Å². The molecule has 0 aliphatic carbocycles. The number of hydrogen-bond donors (Lipinski definition) is 1. The van der Waals surface area contributed by atoms with Gasteiger partial charge in [0.1, 0.15) is 5.75 Å². The van der Waals surface area contributed by atoms with Crippen LogP contribution in [0.2, 0.25) is 5.02 Å². The lowest BCUT2D eigenvalue weighted by molar-refractivity contribution is 0.406. The van der Waals surface area contributed by atoms with E-state index >= 15 is 0 Å². The average Bonchev–Trinajstić information content (AvgIpc) is 2.27. The quantitative estimate of drug-likeness (QED) is 0.796. The summed E-state index contributed by atoms with van der Waals surface area (Å²) in [5.41, 5.74) is 1.04. The maximum Gasteiger partial charge on any atom is 0.123 e. The van der Waals surface area contributed by atoms with Crippen molar-refractivity contribution in [2.45, 2.75) is 25.9 Å². The van der Waals surface area contributed by atoms with Crippen LogP contribution in [0.3, 0.4) is 0 Å². The van der Waals surface area contributed by atoms with Gasteiger partial charge in [-0.05, 0) is 25.1 Å². The van der Waals surface area contributed by atoms with Gasteiger partial charge >= 0.3 is 0 Å². The highest BCUT2D eigenvalue weighted by atomic mass is 35.5. The molecule has 1 aromatic rings. The molecule has 0 aromatic heterocycles. The topological polar surface area (TPSA) is 21.3 Å². The SMILES string of the molecule is C#CCC(C)NCc1cc(Cl)ccc1OC. The van der Waals surface area contributed by atoms with Gasteiger partial charge in [-0.15, -0.1) is 12.3 Å². The number of ether oxygens (including phenoxy) is 1. The first-order valence-electron chi connectivity index (χ1n) is 5.16. The molecule has 2 nitrogen and oxygen atoms in total. The van der Waals surface area contributed by atoms with E-state index in [0.29, 0.717) is 18.0 Å². The molecule has 0 amide bonds. The fraction of sp³-hybridized carbons (Fsp3) is 0.385. The molecule has 86 valence electrons. The predicted octanol–water partition coefficient (Wildman–Crippen LogP) is 2.85. The fourth-order valence-electron chi connectivity index (χ4n) is 1.42. The summed E-state index contributed by atoms with van der Waals surface area (Å²) in [6.07, 6.45) is 5.95. The summed E-state index contributed by atoms with van der Waals surface area (Å²) in [7, 11) is 1.65. The van der Waals surface area contributed by atoms with Gasteiger partial charge in [-0.2, -0.15) is 0 Å². The molecule has 0 radical (unpaired) electrons. The molecule has 0 saturated carbocycles. The summed E-state index contributed by atoms with van der Waals surface area (Å²) >= 11 is 5.93. The van der Waals surface area contributed by atoms with Crippen LogP contribution in [0, 0.1) is 12.3 Å². The van der Waals surface area contributed by atoms with Crippen molar-refractivity contribution in [2.24, 2.45) is 0 Å². The average molecular weight is 238 g/mol. The van der Waals surface area contributed by atoms with Crippen molar-refractivity contribution in [2.75, 3.05) is 7.11 Å². The van der Waals surface area contributed by atoms with Crippen LogP contribution in [0.15, 0.2) is 18.2 Å². The van der Waals surface area contributed by atoms with Gasteiger partial charge in [-0.3, -0.25) is 0 Å². The second-order valence-electron chi connectivity index (χ2n) is 3.65. The van der Waals surface area contributed by atoms with Gasteiger partial charge in [-0.1, -0.05) is 11.6 Å². The molecule has 16 heavy (non-hydrogen) atoms. The number of rotatable bonds is 5. The highest BCUT2D eigenvalue weighted by Crippen LogP contribution is 2.22. The molecule has 0 fully saturated rings. The lowest BCUT2D eigenvalue weighted by atomic mass is 10.1. The molecule has 0 aliphatic heterocycles. The van der Waals surface area contributed by atoms with E-state index in [1.165, 1.54) is 0 Å². The van der Waals surface area contributed by atoms with Crippen LogP contribution in [-0.2, 0) is 6.54 Å². The lowest BCUT2D eigenvalue weighted by Gasteiger charge is -2.13. The molecule has 1 aromatic carbocycles. The van der Waals surface area contributed by atoms with Crippen LogP contribution < -0.4 is 10.1 Å². The Bertz CT molecular complexity index is 384. The maximum absolute atomic E-state index is 5.93. The monoisotopic (exact) mass is 237 g/mol. The van der Waals surface area contributed by atoms with Gasteiger partial charge < -0.3 is 10.1 Å². The number of benzene rings is 1. The Morgan fingerprint density at radius 3 is 2.94 bits per heavy atom. The van der Waals surface area contributed by atoms with Crippen molar-refractivity contribution in [1.82, 2.24) is 5.32 Å². The molecule has 1 N–H and O–H groups in total. The third kappa shape index (κ3) is 3.77. The summed E-state index contributed by atoms with van der Waals surface area (Å²) in [5, 5.41) is 4.03. The Morgan fingerprint density at radius 2 is 2.31 bits per heavy atom. The van der Waals surface area contributed by atoms with Crippen molar-refractivity contribution in [1.29, 1.82) is 0 Å². The van der Waals surface area contributed by atoms with E-state index < -0.39 is 0 Å². The summed E-state index contributed by atoms with van der Waals surface area (Å²) in [5.74, 6) is 3.46. The summed E-state index contributed by atoms with van der Waals surface area (Å²) in [6.45, 7) is 2.75. The highest BCUT2D eigenvalue weighted by Gasteiger charge is 2.05. The summed E-state index contributed by atoms with van der Waals surface area (Å²) < 4.78 is 5.25. The third-order valence-electron chi connectivity index (χ3n) is 2.31.